The van der Waals surface area contributed by atoms with E-state index in [-0.39, 0.29) is 22.8 Å². The van der Waals surface area contributed by atoms with Crippen LogP contribution in [0.1, 0.15) is 0 Å². The van der Waals surface area contributed by atoms with Gasteiger partial charge in [-0.15, -0.1) is 0 Å². The highest BCUT2D eigenvalue weighted by Crippen LogP contribution is 2.34. The molecule has 0 aliphatic heterocycles. The van der Waals surface area contributed by atoms with E-state index < -0.39 is 4.92 Å². The van der Waals surface area contributed by atoms with Crippen molar-refractivity contribution in [1.29, 1.82) is 0 Å². The third kappa shape index (κ3) is 2.47. The maximum absolute atomic E-state index is 11.7. The molecule has 0 atom stereocenters. The fourth-order valence-corrected chi connectivity index (χ4v) is 2.74. The number of nitrogen functional groups attached to an aromatic ring is 1. The van der Waals surface area contributed by atoms with Gasteiger partial charge in [0.25, 0.3) is 0 Å². The van der Waals surface area contributed by atoms with Gasteiger partial charge in [0.05, 0.1) is 10.6 Å². The molecule has 2 aromatic heterocycles. The fraction of sp³-hybridized carbons (Fsp3) is 0. The second kappa shape index (κ2) is 5.72. The Kier molecular flexibility index (Phi) is 3.39. The molecule has 4 rings (SSSR count). The molecule has 0 aliphatic carbocycles. The predicted octanol–water partition coefficient (Wildman–Crippen LogP) is 3.55. The average molecular weight is 331 g/mol. The van der Waals surface area contributed by atoms with Crippen LogP contribution in [0.3, 0.4) is 0 Å². The molecule has 0 fully saturated rings. The van der Waals surface area contributed by atoms with Crippen molar-refractivity contribution in [2.24, 2.45) is 0 Å². The monoisotopic (exact) mass is 331 g/mol. The highest BCUT2D eigenvalue weighted by Gasteiger charge is 2.27. The summed E-state index contributed by atoms with van der Waals surface area (Å²) in [5.41, 5.74) is 8.34. The van der Waals surface area contributed by atoms with Gasteiger partial charge in [0.15, 0.2) is 5.69 Å². The van der Waals surface area contributed by atoms with E-state index in [1.54, 1.807) is 30.3 Å². The minimum atomic E-state index is -0.466. The van der Waals surface area contributed by atoms with Crippen LogP contribution in [-0.4, -0.2) is 19.5 Å². The number of benzene rings is 2. The van der Waals surface area contributed by atoms with Crippen molar-refractivity contribution in [3.8, 4) is 22.5 Å². The quantitative estimate of drug-likeness (QED) is 0.457. The van der Waals surface area contributed by atoms with E-state index in [4.69, 9.17) is 5.73 Å². The minimum absolute atomic E-state index is 0.128. The van der Waals surface area contributed by atoms with Gasteiger partial charge < -0.3 is 5.73 Å². The summed E-state index contributed by atoms with van der Waals surface area (Å²) in [6.45, 7) is 0. The van der Waals surface area contributed by atoms with Crippen molar-refractivity contribution < 1.29 is 4.92 Å². The van der Waals surface area contributed by atoms with Gasteiger partial charge in [-0.25, -0.2) is 4.98 Å². The molecule has 7 heteroatoms. The lowest BCUT2D eigenvalue weighted by Gasteiger charge is -2.03. The van der Waals surface area contributed by atoms with E-state index in [1.807, 2.05) is 36.4 Å². The number of hydrogen-bond donors (Lipinski definition) is 1. The van der Waals surface area contributed by atoms with Gasteiger partial charge >= 0.3 is 5.69 Å². The third-order valence-corrected chi connectivity index (χ3v) is 3.89. The molecule has 0 saturated carbocycles. The summed E-state index contributed by atoms with van der Waals surface area (Å²) in [4.78, 5) is 15.7. The zero-order chi connectivity index (χ0) is 17.4. The van der Waals surface area contributed by atoms with Crippen molar-refractivity contribution >= 4 is 17.2 Å². The van der Waals surface area contributed by atoms with E-state index in [2.05, 4.69) is 10.1 Å². The van der Waals surface area contributed by atoms with Gasteiger partial charge in [-0.3, -0.25) is 10.1 Å². The van der Waals surface area contributed by atoms with Crippen molar-refractivity contribution in [3.05, 3.63) is 76.8 Å². The second-order valence-electron chi connectivity index (χ2n) is 5.49. The summed E-state index contributed by atoms with van der Waals surface area (Å²) < 4.78 is 1.31. The van der Waals surface area contributed by atoms with E-state index >= 15 is 0 Å². The van der Waals surface area contributed by atoms with Crippen LogP contribution in [0, 0.1) is 10.1 Å². The van der Waals surface area contributed by atoms with Crippen molar-refractivity contribution in [2.75, 3.05) is 5.73 Å². The van der Waals surface area contributed by atoms with Crippen LogP contribution in [0.5, 0.6) is 0 Å². The van der Waals surface area contributed by atoms with Crippen LogP contribution in [0.2, 0.25) is 0 Å². The van der Waals surface area contributed by atoms with Gasteiger partial charge in [0.2, 0.25) is 5.65 Å². The fourth-order valence-electron chi connectivity index (χ4n) is 2.74. The first-order chi connectivity index (χ1) is 12.1. The van der Waals surface area contributed by atoms with Crippen LogP contribution in [0.15, 0.2) is 66.7 Å². The molecular formula is C18H13N5O2. The summed E-state index contributed by atoms with van der Waals surface area (Å²) in [6.07, 6.45) is 0. The highest BCUT2D eigenvalue weighted by molar-refractivity contribution is 5.82. The first-order valence-corrected chi connectivity index (χ1v) is 7.59. The summed E-state index contributed by atoms with van der Waals surface area (Å²) in [5.74, 6) is 0.286. The van der Waals surface area contributed by atoms with Gasteiger partial charge in [-0.05, 0) is 0 Å². The van der Waals surface area contributed by atoms with Crippen LogP contribution >= 0.6 is 0 Å². The topological polar surface area (TPSA) is 99.3 Å². The molecule has 122 valence electrons. The van der Waals surface area contributed by atoms with Gasteiger partial charge in [-0.2, -0.15) is 9.61 Å². The molecule has 0 unspecified atom stereocenters. The van der Waals surface area contributed by atoms with Crippen molar-refractivity contribution in [2.45, 2.75) is 0 Å². The number of fused-ring (bicyclic) bond motifs is 1. The lowest BCUT2D eigenvalue weighted by atomic mass is 10.1. The molecule has 2 heterocycles. The van der Waals surface area contributed by atoms with Crippen molar-refractivity contribution in [3.63, 3.8) is 0 Å². The van der Waals surface area contributed by atoms with Crippen molar-refractivity contribution in [1.82, 2.24) is 14.6 Å². The van der Waals surface area contributed by atoms with E-state index in [1.165, 1.54) is 4.52 Å². The molecular weight excluding hydrogens is 318 g/mol. The van der Waals surface area contributed by atoms with Gasteiger partial charge in [0, 0.05) is 17.2 Å². The largest absolute Gasteiger partial charge is 0.384 e. The molecule has 0 saturated heterocycles. The molecule has 4 aromatic rings. The first-order valence-electron chi connectivity index (χ1n) is 7.59. The van der Waals surface area contributed by atoms with E-state index in [0.29, 0.717) is 11.3 Å². The molecule has 0 spiro atoms. The Morgan fingerprint density at radius 3 is 2.16 bits per heavy atom. The zero-order valence-corrected chi connectivity index (χ0v) is 13.0. The smallest absolute Gasteiger partial charge is 0.341 e. The summed E-state index contributed by atoms with van der Waals surface area (Å²) in [7, 11) is 0. The Labute approximate surface area is 142 Å². The standard InChI is InChI=1S/C18H13N5O2/c19-15-11-14(12-7-3-1-4-8-12)20-18-17(23(24)25)16(21-22(15)18)13-9-5-2-6-10-13/h1-11H,19H2. The Morgan fingerprint density at radius 2 is 1.56 bits per heavy atom. The number of hydrogen-bond acceptors (Lipinski definition) is 5. The van der Waals surface area contributed by atoms with Crippen LogP contribution in [-0.2, 0) is 0 Å². The third-order valence-electron chi connectivity index (χ3n) is 3.89. The summed E-state index contributed by atoms with van der Waals surface area (Å²) >= 11 is 0. The molecule has 0 amide bonds. The molecule has 0 bridgehead atoms. The Morgan fingerprint density at radius 1 is 0.960 bits per heavy atom. The van der Waals surface area contributed by atoms with Gasteiger partial charge in [0.1, 0.15) is 5.82 Å². The molecule has 2 N–H and O–H groups in total. The first kappa shape index (κ1) is 14.8. The maximum atomic E-state index is 11.7. The van der Waals surface area contributed by atoms with Gasteiger partial charge in [-0.1, -0.05) is 60.7 Å². The normalized spacial score (nSPS) is 10.9. The highest BCUT2D eigenvalue weighted by atomic mass is 16.6. The van der Waals surface area contributed by atoms with E-state index in [0.717, 1.165) is 5.56 Å². The Hall–Kier alpha value is -3.74. The number of aromatic nitrogens is 3. The number of anilines is 1. The summed E-state index contributed by atoms with van der Waals surface area (Å²) in [6, 6.07) is 20.0. The zero-order valence-electron chi connectivity index (χ0n) is 13.0. The maximum Gasteiger partial charge on any atom is 0.341 e. The number of rotatable bonds is 3. The number of nitrogens with zero attached hydrogens (tertiary/aromatic N) is 4. The number of nitro groups is 1. The van der Waals surface area contributed by atoms with Crippen LogP contribution in [0.25, 0.3) is 28.2 Å². The summed E-state index contributed by atoms with van der Waals surface area (Å²) in [5, 5.41) is 16.0. The molecule has 7 nitrogen and oxygen atoms in total. The minimum Gasteiger partial charge on any atom is -0.384 e. The second-order valence-corrected chi connectivity index (χ2v) is 5.49. The average Bonchev–Trinajstić information content (AvgIpc) is 3.03. The Bertz CT molecular complexity index is 1080. The molecule has 0 radical (unpaired) electrons. The van der Waals surface area contributed by atoms with Crippen LogP contribution in [0.4, 0.5) is 11.5 Å². The molecule has 25 heavy (non-hydrogen) atoms. The molecule has 2 aromatic carbocycles. The lowest BCUT2D eigenvalue weighted by Crippen LogP contribution is -2.01. The number of nitrogens with two attached hydrogens (primary N) is 1. The molecule has 0 aliphatic rings. The SMILES string of the molecule is Nc1cc(-c2ccccc2)nc2c([N+](=O)[O-])c(-c3ccccc3)nn12. The van der Waals surface area contributed by atoms with E-state index in [9.17, 15) is 10.1 Å². The lowest BCUT2D eigenvalue weighted by molar-refractivity contribution is -0.382. The van der Waals surface area contributed by atoms with Crippen LogP contribution < -0.4 is 5.73 Å². The predicted molar refractivity (Wildman–Crippen MR) is 94.9 cm³/mol. The Balaban J connectivity index is 2.03.